The van der Waals surface area contributed by atoms with Crippen LogP contribution in [0.1, 0.15) is 22.5 Å². The number of thioether (sulfide) groups is 2. The Morgan fingerprint density at radius 2 is 2.09 bits per heavy atom. The quantitative estimate of drug-likeness (QED) is 0.462. The van der Waals surface area contributed by atoms with Gasteiger partial charge in [0.05, 0.1) is 16.6 Å². The van der Waals surface area contributed by atoms with Crippen molar-refractivity contribution in [2.75, 3.05) is 6.26 Å². The number of aryl methyl sites for hydroxylation is 2. The fourth-order valence-corrected chi connectivity index (χ4v) is 6.28. The van der Waals surface area contributed by atoms with Crippen LogP contribution in [0.3, 0.4) is 0 Å². The van der Waals surface area contributed by atoms with Gasteiger partial charge in [-0.05, 0) is 32.2 Å². The van der Waals surface area contributed by atoms with Gasteiger partial charge in [-0.1, -0.05) is 37.9 Å². The fraction of sp³-hybridized carbons (Fsp3) is 0.462. The molecular formula is C13H17N5O2S3. The molecule has 0 spiro atoms. The highest BCUT2D eigenvalue weighted by Crippen LogP contribution is 2.43. The van der Waals surface area contributed by atoms with Crippen LogP contribution in [0.4, 0.5) is 0 Å². The van der Waals surface area contributed by atoms with Crippen molar-refractivity contribution in [3.63, 3.8) is 0 Å². The molecule has 2 aromatic rings. The van der Waals surface area contributed by atoms with Crippen molar-refractivity contribution in [2.45, 2.75) is 28.8 Å². The minimum atomic E-state index is -3.58. The van der Waals surface area contributed by atoms with Crippen molar-refractivity contribution < 1.29 is 8.76 Å². The summed E-state index contributed by atoms with van der Waals surface area (Å²) >= 11 is 2.84. The van der Waals surface area contributed by atoms with Crippen molar-refractivity contribution in [3.8, 4) is 0 Å². The first kappa shape index (κ1) is 16.7. The maximum absolute atomic E-state index is 12.8. The highest BCUT2D eigenvalue weighted by atomic mass is 32.3. The zero-order chi connectivity index (χ0) is 16.8. The van der Waals surface area contributed by atoms with Gasteiger partial charge in [0.25, 0.3) is 0 Å². The minimum absolute atomic E-state index is 0.134. The van der Waals surface area contributed by atoms with Gasteiger partial charge in [-0.15, -0.1) is 15.3 Å². The van der Waals surface area contributed by atoms with Crippen LogP contribution < -0.4 is 0 Å². The second-order valence-electron chi connectivity index (χ2n) is 5.23. The Bertz CT molecular complexity index is 813. The Labute approximate surface area is 144 Å². The summed E-state index contributed by atoms with van der Waals surface area (Å²) in [5, 5.41) is 13.1. The van der Waals surface area contributed by atoms with E-state index < -0.39 is 15.0 Å². The third-order valence-electron chi connectivity index (χ3n) is 3.53. The summed E-state index contributed by atoms with van der Waals surface area (Å²) in [7, 11) is -1.69. The van der Waals surface area contributed by atoms with Gasteiger partial charge in [-0.2, -0.15) is 0 Å². The van der Waals surface area contributed by atoms with Gasteiger partial charge in [0.1, 0.15) is 0 Å². The first-order valence-corrected chi connectivity index (χ1v) is 10.6. The molecule has 0 N–H and O–H groups in total. The van der Waals surface area contributed by atoms with Gasteiger partial charge in [0, 0.05) is 7.05 Å². The standard InChI is InChI=1S/C13H17N5O2S3/c1-8-7-9(2)18(16-8)23(19,20)11-6-5-10(22-11)12-14-15-13(21-4)17(12)3/h5-7,10-11H,1-4H3. The average molecular weight is 372 g/mol. The molecule has 0 aliphatic carbocycles. The zero-order valence-electron chi connectivity index (χ0n) is 13.2. The molecule has 1 aliphatic heterocycles. The van der Waals surface area contributed by atoms with E-state index in [1.807, 2.05) is 23.9 Å². The Morgan fingerprint density at radius 3 is 2.65 bits per heavy atom. The third kappa shape index (κ3) is 2.88. The molecule has 23 heavy (non-hydrogen) atoms. The van der Waals surface area contributed by atoms with Crippen LogP contribution >= 0.6 is 23.5 Å². The van der Waals surface area contributed by atoms with Crippen LogP contribution in [0.15, 0.2) is 23.4 Å². The maximum atomic E-state index is 12.8. The summed E-state index contributed by atoms with van der Waals surface area (Å²) in [5.74, 6) is 0.752. The third-order valence-corrected chi connectivity index (χ3v) is 8.00. The number of nitrogens with zero attached hydrogens (tertiary/aromatic N) is 5. The largest absolute Gasteiger partial charge is 0.590 e. The predicted octanol–water partition coefficient (Wildman–Crippen LogP) is 2.11. The molecule has 10 heteroatoms. The second kappa shape index (κ2) is 6.08. The summed E-state index contributed by atoms with van der Waals surface area (Å²) in [4.78, 5) is 0. The SMILES string of the molecule is CSc1nnc(C2C=CC([S+](=O)([O-])n3nc(C)cc3C)S2)n1C. The second-order valence-corrected chi connectivity index (χ2v) is 9.47. The highest BCUT2D eigenvalue weighted by molar-refractivity contribution is 8.16. The van der Waals surface area contributed by atoms with Gasteiger partial charge in [-0.3, -0.25) is 0 Å². The molecule has 2 aromatic heterocycles. The predicted molar refractivity (Wildman–Crippen MR) is 92.0 cm³/mol. The lowest BCUT2D eigenvalue weighted by Gasteiger charge is -2.20. The first-order valence-electron chi connectivity index (χ1n) is 6.89. The molecule has 0 bridgehead atoms. The van der Waals surface area contributed by atoms with Gasteiger partial charge in [0.15, 0.2) is 21.4 Å². The molecule has 3 unspecified atom stereocenters. The van der Waals surface area contributed by atoms with Crippen LogP contribution in [0.25, 0.3) is 0 Å². The highest BCUT2D eigenvalue weighted by Gasteiger charge is 2.40. The first-order chi connectivity index (χ1) is 10.8. The van der Waals surface area contributed by atoms with E-state index in [4.69, 9.17) is 0 Å². The van der Waals surface area contributed by atoms with Crippen LogP contribution in [-0.4, -0.2) is 39.3 Å². The lowest BCUT2D eigenvalue weighted by molar-refractivity contribution is 0.462. The molecule has 0 radical (unpaired) electrons. The number of hydrogen-bond acceptors (Lipinski definition) is 7. The minimum Gasteiger partial charge on any atom is -0.590 e. The topological polar surface area (TPSA) is 88.7 Å². The molecule has 1 aliphatic rings. The molecule has 7 nitrogen and oxygen atoms in total. The number of rotatable bonds is 4. The van der Waals surface area contributed by atoms with E-state index in [1.54, 1.807) is 26.0 Å². The normalized spacial score (nSPS) is 23.3. The van der Waals surface area contributed by atoms with E-state index in [0.717, 1.165) is 15.1 Å². The smallest absolute Gasteiger partial charge is 0.209 e. The van der Waals surface area contributed by atoms with Crippen molar-refractivity contribution in [2.24, 2.45) is 7.05 Å². The fourth-order valence-electron chi connectivity index (χ4n) is 2.46. The van der Waals surface area contributed by atoms with Crippen LogP contribution in [0, 0.1) is 13.8 Å². The Balaban J connectivity index is 1.85. The van der Waals surface area contributed by atoms with Crippen LogP contribution in [-0.2, 0) is 21.7 Å². The van der Waals surface area contributed by atoms with Crippen LogP contribution in [0.5, 0.6) is 0 Å². The van der Waals surface area contributed by atoms with E-state index in [-0.39, 0.29) is 5.25 Å². The molecule has 3 atom stereocenters. The van der Waals surface area contributed by atoms with Crippen LogP contribution in [0.2, 0.25) is 0 Å². The van der Waals surface area contributed by atoms with Gasteiger partial charge < -0.3 is 9.12 Å². The van der Waals surface area contributed by atoms with Crippen molar-refractivity contribution in [1.82, 2.24) is 24.0 Å². The molecule has 0 aromatic carbocycles. The Morgan fingerprint density at radius 1 is 1.35 bits per heavy atom. The molecule has 124 valence electrons. The van der Waals surface area contributed by atoms with Gasteiger partial charge in [-0.25, -0.2) is 0 Å². The summed E-state index contributed by atoms with van der Waals surface area (Å²) in [6, 6.07) is 1.76. The van der Waals surface area contributed by atoms with Gasteiger partial charge >= 0.3 is 0 Å². The summed E-state index contributed by atoms with van der Waals surface area (Å²) < 4.78 is 27.9. The van der Waals surface area contributed by atoms with Crippen molar-refractivity contribution in [1.29, 1.82) is 0 Å². The Hall–Kier alpha value is -1.10. The number of aromatic nitrogens is 5. The Kier molecular flexibility index (Phi) is 4.43. The van der Waals surface area contributed by atoms with E-state index in [2.05, 4.69) is 15.3 Å². The van der Waals surface area contributed by atoms with Crippen molar-refractivity contribution in [3.05, 3.63) is 35.4 Å². The monoisotopic (exact) mass is 371 g/mol. The zero-order valence-corrected chi connectivity index (χ0v) is 15.6. The molecule has 0 saturated carbocycles. The number of hydrogen-bond donors (Lipinski definition) is 0. The maximum Gasteiger partial charge on any atom is 0.209 e. The van der Waals surface area contributed by atoms with E-state index >= 15 is 0 Å². The lowest BCUT2D eigenvalue weighted by atomic mass is 10.3. The molecule has 0 fully saturated rings. The molecular weight excluding hydrogens is 354 g/mol. The van der Waals surface area contributed by atoms with E-state index in [9.17, 15) is 8.76 Å². The molecule has 3 heterocycles. The molecule has 3 rings (SSSR count). The van der Waals surface area contributed by atoms with Crippen molar-refractivity contribution >= 4 is 33.9 Å². The average Bonchev–Trinajstić information content (AvgIpc) is 3.17. The van der Waals surface area contributed by atoms with E-state index in [1.165, 1.54) is 23.5 Å². The molecule has 0 amide bonds. The summed E-state index contributed by atoms with van der Waals surface area (Å²) in [6.45, 7) is 3.52. The molecule has 0 saturated heterocycles. The van der Waals surface area contributed by atoms with E-state index in [0.29, 0.717) is 11.4 Å². The summed E-state index contributed by atoms with van der Waals surface area (Å²) in [5.41, 5.74) is 1.30. The summed E-state index contributed by atoms with van der Waals surface area (Å²) in [6.07, 6.45) is 5.50. The van der Waals surface area contributed by atoms with Gasteiger partial charge in [0.2, 0.25) is 4.58 Å². The lowest BCUT2D eigenvalue weighted by Crippen LogP contribution is -2.31.